The number of urea groups is 1. The van der Waals surface area contributed by atoms with Gasteiger partial charge in [0.2, 0.25) is 5.91 Å². The summed E-state index contributed by atoms with van der Waals surface area (Å²) >= 11 is 1.58. The van der Waals surface area contributed by atoms with E-state index in [1.807, 2.05) is 46.4 Å². The first kappa shape index (κ1) is 19.0. The third-order valence-corrected chi connectivity index (χ3v) is 5.80. The van der Waals surface area contributed by atoms with E-state index in [0.29, 0.717) is 11.3 Å². The fourth-order valence-electron chi connectivity index (χ4n) is 3.35. The summed E-state index contributed by atoms with van der Waals surface area (Å²) in [5, 5.41) is 7.34. The van der Waals surface area contributed by atoms with Gasteiger partial charge in [0.1, 0.15) is 0 Å². The molecule has 0 aliphatic carbocycles. The van der Waals surface area contributed by atoms with E-state index in [2.05, 4.69) is 15.6 Å². The Labute approximate surface area is 181 Å². The number of anilines is 1. The molecular weight excluding hydrogens is 414 g/mol. The van der Waals surface area contributed by atoms with Crippen molar-refractivity contribution in [2.75, 3.05) is 11.9 Å². The molecule has 0 radical (unpaired) electrons. The van der Waals surface area contributed by atoms with E-state index in [0.717, 1.165) is 26.7 Å². The first-order valence-corrected chi connectivity index (χ1v) is 10.5. The Balaban J connectivity index is 1.24. The summed E-state index contributed by atoms with van der Waals surface area (Å²) in [6, 6.07) is 13.9. The normalized spacial score (nSPS) is 13.6. The van der Waals surface area contributed by atoms with Crippen molar-refractivity contribution in [1.82, 2.24) is 19.6 Å². The van der Waals surface area contributed by atoms with Crippen molar-refractivity contribution >= 4 is 39.8 Å². The minimum Gasteiger partial charge on any atom is -0.329 e. The zero-order valence-electron chi connectivity index (χ0n) is 16.2. The lowest BCUT2D eigenvalue weighted by Crippen LogP contribution is -2.30. The predicted octanol–water partition coefficient (Wildman–Crippen LogP) is 3.37. The van der Waals surface area contributed by atoms with Gasteiger partial charge < -0.3 is 10.6 Å². The molecule has 1 fully saturated rings. The largest absolute Gasteiger partial charge is 0.329 e. The van der Waals surface area contributed by atoms with Crippen LogP contribution in [0.2, 0.25) is 0 Å². The van der Waals surface area contributed by atoms with Crippen LogP contribution < -0.4 is 10.6 Å². The molecule has 0 bridgehead atoms. The second-order valence-corrected chi connectivity index (χ2v) is 7.96. The monoisotopic (exact) mass is 431 g/mol. The molecule has 2 aromatic carbocycles. The summed E-state index contributed by atoms with van der Waals surface area (Å²) in [5.41, 5.74) is 3.79. The van der Waals surface area contributed by atoms with Crippen molar-refractivity contribution in [3.05, 3.63) is 77.4 Å². The van der Waals surface area contributed by atoms with Gasteiger partial charge in [-0.05, 0) is 29.8 Å². The Kier molecular flexibility index (Phi) is 4.72. The van der Waals surface area contributed by atoms with Gasteiger partial charge in [-0.15, -0.1) is 11.3 Å². The number of thiazole rings is 1. The molecule has 0 spiro atoms. The van der Waals surface area contributed by atoms with Crippen molar-refractivity contribution in [3.8, 4) is 11.3 Å². The number of imide groups is 1. The number of amides is 4. The van der Waals surface area contributed by atoms with Gasteiger partial charge in [0.25, 0.3) is 5.91 Å². The van der Waals surface area contributed by atoms with E-state index in [1.165, 1.54) is 0 Å². The number of benzene rings is 2. The Morgan fingerprint density at radius 1 is 1.10 bits per heavy atom. The SMILES string of the molecule is O=C(Nc1ccc(-c2cn3ccsc3n2)cc1)c1ccc(CN2C(=O)CNC2=O)cc1. The molecule has 4 aromatic rings. The summed E-state index contributed by atoms with van der Waals surface area (Å²) in [4.78, 5) is 42.6. The number of fused-ring (bicyclic) bond motifs is 1. The molecule has 1 aliphatic heterocycles. The number of carbonyl (C=O) groups is 3. The number of rotatable bonds is 5. The van der Waals surface area contributed by atoms with Gasteiger partial charge in [-0.1, -0.05) is 24.3 Å². The fraction of sp³-hybridized carbons (Fsp3) is 0.0909. The molecule has 0 saturated carbocycles. The van der Waals surface area contributed by atoms with Gasteiger partial charge in [-0.2, -0.15) is 0 Å². The predicted molar refractivity (Wildman–Crippen MR) is 117 cm³/mol. The lowest BCUT2D eigenvalue weighted by molar-refractivity contribution is -0.125. The van der Waals surface area contributed by atoms with Crippen LogP contribution in [0.5, 0.6) is 0 Å². The van der Waals surface area contributed by atoms with Crippen LogP contribution in [-0.4, -0.2) is 38.7 Å². The summed E-state index contributed by atoms with van der Waals surface area (Å²) in [5.74, 6) is -0.498. The highest BCUT2D eigenvalue weighted by atomic mass is 32.1. The highest BCUT2D eigenvalue weighted by molar-refractivity contribution is 7.15. The van der Waals surface area contributed by atoms with Crippen LogP contribution in [0.3, 0.4) is 0 Å². The molecule has 3 heterocycles. The minimum absolute atomic E-state index is 0.0250. The van der Waals surface area contributed by atoms with E-state index in [-0.39, 0.29) is 24.9 Å². The van der Waals surface area contributed by atoms with Crippen LogP contribution in [0.1, 0.15) is 15.9 Å². The van der Waals surface area contributed by atoms with Crippen molar-refractivity contribution < 1.29 is 14.4 Å². The third kappa shape index (κ3) is 3.78. The average Bonchev–Trinajstić information content (AvgIpc) is 3.46. The second kappa shape index (κ2) is 7.69. The number of nitrogens with one attached hydrogen (secondary N) is 2. The second-order valence-electron chi connectivity index (χ2n) is 7.09. The molecule has 1 aliphatic rings. The van der Waals surface area contributed by atoms with Crippen LogP contribution in [0.25, 0.3) is 16.2 Å². The molecule has 2 aromatic heterocycles. The number of hydrogen-bond acceptors (Lipinski definition) is 5. The summed E-state index contributed by atoms with van der Waals surface area (Å²) in [6.07, 6.45) is 3.94. The zero-order chi connectivity index (χ0) is 21.4. The van der Waals surface area contributed by atoms with E-state index in [4.69, 9.17) is 0 Å². The minimum atomic E-state index is -0.398. The van der Waals surface area contributed by atoms with E-state index in [9.17, 15) is 14.4 Å². The first-order valence-electron chi connectivity index (χ1n) is 9.58. The number of aromatic nitrogens is 2. The molecule has 2 N–H and O–H groups in total. The Bertz CT molecular complexity index is 1250. The number of nitrogens with zero attached hydrogens (tertiary/aromatic N) is 3. The molecule has 5 rings (SSSR count). The van der Waals surface area contributed by atoms with Crippen LogP contribution in [-0.2, 0) is 11.3 Å². The lowest BCUT2D eigenvalue weighted by Gasteiger charge is -2.12. The molecule has 1 saturated heterocycles. The van der Waals surface area contributed by atoms with Gasteiger partial charge >= 0.3 is 6.03 Å². The number of imidazole rings is 1. The number of hydrogen-bond donors (Lipinski definition) is 2. The van der Waals surface area contributed by atoms with Crippen LogP contribution in [0, 0.1) is 0 Å². The molecule has 0 atom stereocenters. The highest BCUT2D eigenvalue weighted by Gasteiger charge is 2.28. The highest BCUT2D eigenvalue weighted by Crippen LogP contribution is 2.23. The smallest absolute Gasteiger partial charge is 0.324 e. The van der Waals surface area contributed by atoms with Gasteiger partial charge in [-0.3, -0.25) is 18.9 Å². The molecule has 8 nitrogen and oxygen atoms in total. The van der Waals surface area contributed by atoms with Crippen LogP contribution in [0.15, 0.2) is 66.3 Å². The van der Waals surface area contributed by atoms with Gasteiger partial charge in [0, 0.05) is 34.6 Å². The zero-order valence-corrected chi connectivity index (χ0v) is 17.1. The van der Waals surface area contributed by atoms with Crippen molar-refractivity contribution in [1.29, 1.82) is 0 Å². The summed E-state index contributed by atoms with van der Waals surface area (Å²) in [7, 11) is 0. The maximum Gasteiger partial charge on any atom is 0.324 e. The van der Waals surface area contributed by atoms with Gasteiger partial charge in [0.15, 0.2) is 4.96 Å². The third-order valence-electron chi connectivity index (χ3n) is 5.03. The Morgan fingerprint density at radius 2 is 1.87 bits per heavy atom. The molecular formula is C22H17N5O3S. The molecule has 9 heteroatoms. The van der Waals surface area contributed by atoms with Crippen molar-refractivity contribution in [2.24, 2.45) is 0 Å². The van der Waals surface area contributed by atoms with E-state index < -0.39 is 6.03 Å². The quantitative estimate of drug-likeness (QED) is 0.474. The summed E-state index contributed by atoms with van der Waals surface area (Å²) in [6.45, 7) is 0.205. The first-order chi connectivity index (χ1) is 15.1. The van der Waals surface area contributed by atoms with E-state index in [1.54, 1.807) is 35.6 Å². The van der Waals surface area contributed by atoms with E-state index >= 15 is 0 Å². The molecule has 31 heavy (non-hydrogen) atoms. The maximum absolute atomic E-state index is 12.6. The molecule has 154 valence electrons. The van der Waals surface area contributed by atoms with Crippen molar-refractivity contribution in [3.63, 3.8) is 0 Å². The van der Waals surface area contributed by atoms with Gasteiger partial charge in [-0.25, -0.2) is 9.78 Å². The van der Waals surface area contributed by atoms with Crippen LogP contribution in [0.4, 0.5) is 10.5 Å². The standard InChI is InChI=1S/C22H17N5O3S/c28-19-11-23-21(30)27(19)12-14-1-3-16(4-2-14)20(29)24-17-7-5-15(6-8-17)18-13-26-9-10-31-22(26)25-18/h1-10,13H,11-12H2,(H,23,30)(H,24,29). The lowest BCUT2D eigenvalue weighted by atomic mass is 10.1. The van der Waals surface area contributed by atoms with Crippen LogP contribution >= 0.6 is 11.3 Å². The molecule has 0 unspecified atom stereocenters. The maximum atomic E-state index is 12.6. The summed E-state index contributed by atoms with van der Waals surface area (Å²) < 4.78 is 1.98. The topological polar surface area (TPSA) is 95.8 Å². The molecule has 4 amide bonds. The number of carbonyl (C=O) groups excluding carboxylic acids is 3. The Morgan fingerprint density at radius 3 is 2.55 bits per heavy atom. The Hall–Kier alpha value is -3.98. The average molecular weight is 431 g/mol. The fourth-order valence-corrected chi connectivity index (χ4v) is 4.05. The van der Waals surface area contributed by atoms with Gasteiger partial charge in [0.05, 0.1) is 18.8 Å². The van der Waals surface area contributed by atoms with Crippen molar-refractivity contribution in [2.45, 2.75) is 6.54 Å².